The molecule has 1 N–H and O–H groups in total. The van der Waals surface area contributed by atoms with Crippen molar-refractivity contribution in [2.75, 3.05) is 7.11 Å². The minimum Gasteiger partial charge on any atom is -0.466 e. The number of nitrogens with one attached hydrogen (secondary N) is 1. The average molecular weight is 405 g/mol. The molecular weight excluding hydrogens is 388 g/mol. The Hall–Kier alpha value is -3.20. The number of hydrogen-bond donors (Lipinski definition) is 1. The number of carbonyl (C=O) groups is 1. The van der Waals surface area contributed by atoms with Gasteiger partial charge in [-0.05, 0) is 19.4 Å². The van der Waals surface area contributed by atoms with E-state index < -0.39 is 16.8 Å². The second-order valence-corrected chi connectivity index (χ2v) is 6.40. The number of aromatic nitrogens is 2. The Balaban J connectivity index is 2.24. The second-order valence-electron chi connectivity index (χ2n) is 6.13. The molecule has 1 aromatic heterocycles. The zero-order valence-electron chi connectivity index (χ0n) is 15.4. The topological polar surface area (TPSA) is 120 Å². The van der Waals surface area contributed by atoms with Gasteiger partial charge < -0.3 is 14.6 Å². The average Bonchev–Trinajstić information content (AvgIpc) is 3.15. The first-order valence-electron chi connectivity index (χ1n) is 8.27. The molecule has 0 saturated heterocycles. The van der Waals surface area contributed by atoms with E-state index in [-0.39, 0.29) is 17.5 Å². The van der Waals surface area contributed by atoms with E-state index in [0.717, 1.165) is 0 Å². The lowest BCUT2D eigenvalue weighted by atomic mass is 9.80. The predicted octanol–water partition coefficient (Wildman–Crippen LogP) is 3.28. The number of methoxy groups -OCH3 is 1. The molecule has 1 aliphatic heterocycles. The van der Waals surface area contributed by atoms with E-state index in [4.69, 9.17) is 20.9 Å². The highest BCUT2D eigenvalue weighted by Crippen LogP contribution is 2.43. The molecule has 0 spiro atoms. The number of hydrogen-bond acceptors (Lipinski definition) is 8. The van der Waals surface area contributed by atoms with Gasteiger partial charge in [0.05, 0.1) is 29.4 Å². The summed E-state index contributed by atoms with van der Waals surface area (Å²) in [5, 5.41) is 18.2. The summed E-state index contributed by atoms with van der Waals surface area (Å²) in [6, 6.07) is 6.06. The molecule has 1 atom stereocenters. The van der Waals surface area contributed by atoms with Crippen molar-refractivity contribution in [2.24, 2.45) is 0 Å². The van der Waals surface area contributed by atoms with E-state index in [2.05, 4.69) is 15.5 Å². The van der Waals surface area contributed by atoms with Crippen LogP contribution >= 0.6 is 11.6 Å². The number of allylic oxidation sites excluding steroid dienone is 3. The standard InChI is InChI=1S/C18H17ClN4O5/c1-9-14(17-21-13(8-19)22-28-17)16(15(10(2)20-9)18(24)27-3)11-5-4-6-12(7-11)23(25)26/h4-7,16,20H,8H2,1-3H3. The number of nitrogens with zero attached hydrogens (tertiary/aromatic N) is 3. The van der Waals surface area contributed by atoms with Crippen molar-refractivity contribution >= 4 is 28.8 Å². The Morgan fingerprint density at radius 1 is 1.39 bits per heavy atom. The lowest BCUT2D eigenvalue weighted by Crippen LogP contribution is -2.28. The molecule has 0 radical (unpaired) electrons. The van der Waals surface area contributed by atoms with Gasteiger partial charge in [-0.1, -0.05) is 17.3 Å². The van der Waals surface area contributed by atoms with Crippen LogP contribution < -0.4 is 5.32 Å². The highest BCUT2D eigenvalue weighted by atomic mass is 35.5. The monoisotopic (exact) mass is 404 g/mol. The summed E-state index contributed by atoms with van der Waals surface area (Å²) in [5.41, 5.74) is 2.50. The number of nitro benzene ring substituents is 1. The van der Waals surface area contributed by atoms with Crippen molar-refractivity contribution in [1.29, 1.82) is 0 Å². The molecule has 9 nitrogen and oxygen atoms in total. The van der Waals surface area contributed by atoms with Crippen molar-refractivity contribution in [3.05, 3.63) is 68.6 Å². The number of nitro groups is 1. The number of ether oxygens (including phenoxy) is 1. The molecule has 3 rings (SSSR count). The lowest BCUT2D eigenvalue weighted by Gasteiger charge is -2.29. The summed E-state index contributed by atoms with van der Waals surface area (Å²) >= 11 is 5.77. The zero-order chi connectivity index (χ0) is 20.4. The van der Waals surface area contributed by atoms with Gasteiger partial charge in [0.2, 0.25) is 0 Å². The lowest BCUT2D eigenvalue weighted by molar-refractivity contribution is -0.384. The second kappa shape index (κ2) is 7.81. The Bertz CT molecular complexity index is 1010. The summed E-state index contributed by atoms with van der Waals surface area (Å²) in [6.07, 6.45) is 0. The molecule has 2 aromatic rings. The number of alkyl halides is 1. The molecule has 1 aromatic carbocycles. The van der Waals surface area contributed by atoms with Gasteiger partial charge in [0.1, 0.15) is 0 Å². The van der Waals surface area contributed by atoms with E-state index in [1.54, 1.807) is 26.0 Å². The Morgan fingerprint density at radius 3 is 2.75 bits per heavy atom. The molecular formula is C18H17ClN4O5. The van der Waals surface area contributed by atoms with Gasteiger partial charge in [0.25, 0.3) is 11.6 Å². The minimum atomic E-state index is -0.697. The van der Waals surface area contributed by atoms with Crippen LogP contribution in [0.2, 0.25) is 0 Å². The maximum atomic E-state index is 12.6. The van der Waals surface area contributed by atoms with Crippen LogP contribution in [0.1, 0.15) is 37.0 Å². The number of esters is 1. The van der Waals surface area contributed by atoms with Crippen molar-refractivity contribution in [3.63, 3.8) is 0 Å². The molecule has 1 unspecified atom stereocenters. The van der Waals surface area contributed by atoms with Crippen LogP contribution in [0, 0.1) is 10.1 Å². The van der Waals surface area contributed by atoms with E-state index >= 15 is 0 Å². The first-order chi connectivity index (χ1) is 13.4. The fourth-order valence-electron chi connectivity index (χ4n) is 3.23. The van der Waals surface area contributed by atoms with Crippen LogP contribution in [-0.2, 0) is 15.4 Å². The summed E-state index contributed by atoms with van der Waals surface area (Å²) in [7, 11) is 1.27. The number of non-ortho nitro benzene ring substituents is 1. The normalized spacial score (nSPS) is 16.8. The fourth-order valence-corrected chi connectivity index (χ4v) is 3.34. The molecule has 0 saturated carbocycles. The molecule has 1 aliphatic rings. The number of dihydropyridines is 1. The third kappa shape index (κ3) is 3.48. The van der Waals surface area contributed by atoms with Gasteiger partial charge in [0, 0.05) is 29.1 Å². The first-order valence-corrected chi connectivity index (χ1v) is 8.81. The van der Waals surface area contributed by atoms with Gasteiger partial charge in [0.15, 0.2) is 5.82 Å². The quantitative estimate of drug-likeness (QED) is 0.349. The Labute approximate surface area is 165 Å². The maximum Gasteiger partial charge on any atom is 0.336 e. The third-order valence-electron chi connectivity index (χ3n) is 4.40. The maximum absolute atomic E-state index is 12.6. The predicted molar refractivity (Wildman–Crippen MR) is 100 cm³/mol. The Kier molecular flexibility index (Phi) is 5.46. The van der Waals surface area contributed by atoms with Crippen molar-refractivity contribution in [3.8, 4) is 0 Å². The van der Waals surface area contributed by atoms with Crippen LogP contribution in [0.15, 0.2) is 45.8 Å². The molecule has 0 aliphatic carbocycles. The molecule has 10 heteroatoms. The third-order valence-corrected chi connectivity index (χ3v) is 4.64. The molecule has 146 valence electrons. The molecule has 0 fully saturated rings. The van der Waals surface area contributed by atoms with Gasteiger partial charge in [-0.2, -0.15) is 4.98 Å². The zero-order valence-corrected chi connectivity index (χ0v) is 16.1. The summed E-state index contributed by atoms with van der Waals surface area (Å²) < 4.78 is 10.3. The largest absolute Gasteiger partial charge is 0.466 e. The van der Waals surface area contributed by atoms with Crippen LogP contribution in [0.3, 0.4) is 0 Å². The van der Waals surface area contributed by atoms with Gasteiger partial charge >= 0.3 is 5.97 Å². The SMILES string of the molecule is COC(=O)C1=C(C)NC(C)=C(c2nc(CCl)no2)C1c1cccc([N+](=O)[O-])c1. The Morgan fingerprint density at radius 2 is 2.14 bits per heavy atom. The fraction of sp³-hybridized carbons (Fsp3) is 0.278. The smallest absolute Gasteiger partial charge is 0.336 e. The van der Waals surface area contributed by atoms with Crippen LogP contribution in [0.4, 0.5) is 5.69 Å². The van der Waals surface area contributed by atoms with Gasteiger partial charge in [-0.15, -0.1) is 11.6 Å². The van der Waals surface area contributed by atoms with Crippen molar-refractivity contribution in [1.82, 2.24) is 15.5 Å². The van der Waals surface area contributed by atoms with E-state index in [1.165, 1.54) is 19.2 Å². The van der Waals surface area contributed by atoms with Crippen LogP contribution in [0.5, 0.6) is 0 Å². The van der Waals surface area contributed by atoms with Crippen LogP contribution in [0.25, 0.3) is 5.57 Å². The summed E-state index contributed by atoms with van der Waals surface area (Å²) in [5.74, 6) is -0.740. The minimum absolute atomic E-state index is 0.0590. The molecule has 0 amide bonds. The summed E-state index contributed by atoms with van der Waals surface area (Å²) in [4.78, 5) is 27.6. The number of carbonyl (C=O) groups excluding carboxylic acids is 1. The van der Waals surface area contributed by atoms with Gasteiger partial charge in [-0.25, -0.2) is 4.79 Å². The highest BCUT2D eigenvalue weighted by Gasteiger charge is 2.37. The van der Waals surface area contributed by atoms with Crippen molar-refractivity contribution < 1.29 is 19.0 Å². The van der Waals surface area contributed by atoms with Crippen LogP contribution in [-0.4, -0.2) is 28.1 Å². The number of benzene rings is 1. The number of halogens is 1. The molecule has 2 heterocycles. The van der Waals surface area contributed by atoms with Crippen molar-refractivity contribution in [2.45, 2.75) is 25.6 Å². The van der Waals surface area contributed by atoms with E-state index in [0.29, 0.717) is 33.9 Å². The molecule has 28 heavy (non-hydrogen) atoms. The van der Waals surface area contributed by atoms with E-state index in [9.17, 15) is 14.9 Å². The van der Waals surface area contributed by atoms with Gasteiger partial charge in [-0.3, -0.25) is 10.1 Å². The van der Waals surface area contributed by atoms with E-state index in [1.807, 2.05) is 0 Å². The number of rotatable bonds is 5. The first kappa shape index (κ1) is 19.6. The molecule has 0 bridgehead atoms. The highest BCUT2D eigenvalue weighted by molar-refractivity contribution is 6.16. The summed E-state index contributed by atoms with van der Waals surface area (Å²) in [6.45, 7) is 3.52.